The van der Waals surface area contributed by atoms with Crippen LogP contribution in [0.4, 0.5) is 68.9 Å². The van der Waals surface area contributed by atoms with Crippen LogP contribution in [0.25, 0.3) is 0 Å². The third kappa shape index (κ3) is 22.9. The molecule has 3 unspecified atom stereocenters. The normalized spacial score (nSPS) is 12.0. The average molecular weight is 1070 g/mol. The first-order valence-electron chi connectivity index (χ1n) is 18.9. The van der Waals surface area contributed by atoms with Crippen molar-refractivity contribution in [2.75, 3.05) is 16.0 Å². The van der Waals surface area contributed by atoms with E-state index in [2.05, 4.69) is 20.9 Å². The van der Waals surface area contributed by atoms with Crippen molar-refractivity contribution in [3.63, 3.8) is 0 Å². The van der Waals surface area contributed by atoms with Gasteiger partial charge < -0.3 is 72.8 Å². The summed E-state index contributed by atoms with van der Waals surface area (Å²) in [6.07, 6.45) is 3.12. The van der Waals surface area contributed by atoms with Crippen LogP contribution in [0.5, 0.6) is 5.75 Å². The topological polar surface area (TPSA) is 141 Å². The van der Waals surface area contributed by atoms with Crippen LogP contribution in [-0.2, 0) is 0 Å². The number of halogens is 12. The zero-order valence-electron chi connectivity index (χ0n) is 37.2. The van der Waals surface area contributed by atoms with Gasteiger partial charge in [-0.15, -0.1) is 21.9 Å². The molecule has 0 amide bonds. The fraction of sp³-hybridized carbons (Fsp3) is 0.0732. The number of benzene rings is 5. The minimum atomic E-state index is -5.12. The van der Waals surface area contributed by atoms with Crippen molar-refractivity contribution >= 4 is 66.8 Å². The second-order valence-corrected chi connectivity index (χ2v) is 13.8. The summed E-state index contributed by atoms with van der Waals surface area (Å²) in [5.41, 5.74) is -0.246. The summed E-state index contributed by atoms with van der Waals surface area (Å²) in [6.45, 7) is -20.3. The standard InChI is InChI=1S/C14H10B2F6N2.C14H11BF3N2O.C13H10BF3N3.4K/c17-15(18,19)11-3-1-10(2-4-11)14(9-23)24-13-7-5-12(6-8-13)16(20,21)22;16-15(17,18)11-3-1-10(2-4-11)14(9-19)20-12-5-7-13(21)8-6-12;15-14(16,17)11-3-5-12(6-4-11)20-13(8-18)10-2-1-7-19-9-10;;;;/h1-8,14,24H;1-8,14,20-21H;1-7,9,13,20H;;;;/q-2;2*-1;4*+1. The van der Waals surface area contributed by atoms with Crippen LogP contribution >= 0.6 is 0 Å². The summed E-state index contributed by atoms with van der Waals surface area (Å²) in [4.78, 5) is 3.90. The third-order valence-corrected chi connectivity index (χ3v) is 9.08. The molecule has 0 bridgehead atoms. The number of aromatic hydroxyl groups is 1. The number of anilines is 3. The van der Waals surface area contributed by atoms with Crippen molar-refractivity contribution < 1.29 is 262 Å². The number of hydrogen-bond donors (Lipinski definition) is 4. The molecule has 28 heteroatoms. The minimum Gasteiger partial charge on any atom is -0.508 e. The Hall–Kier alpha value is -1.11. The minimum absolute atomic E-state index is 0. The van der Waals surface area contributed by atoms with E-state index in [4.69, 9.17) is 15.8 Å². The zero-order valence-corrected chi connectivity index (χ0v) is 49.7. The fourth-order valence-electron chi connectivity index (χ4n) is 5.58. The largest absolute Gasteiger partial charge is 1.00 e. The van der Waals surface area contributed by atoms with E-state index in [1.165, 1.54) is 66.9 Å². The Bertz CT molecular complexity index is 2590. The molecule has 4 N–H and O–H groups in total. The maximum Gasteiger partial charge on any atom is 1.00 e. The molecule has 8 nitrogen and oxygen atoms in total. The Morgan fingerprint density at radius 2 is 0.652 bits per heavy atom. The quantitative estimate of drug-likeness (QED) is 0.0563. The van der Waals surface area contributed by atoms with Crippen LogP contribution in [0.3, 0.4) is 0 Å². The van der Waals surface area contributed by atoms with Crippen molar-refractivity contribution in [3.05, 3.63) is 163 Å². The number of aromatic nitrogens is 1. The number of rotatable bonds is 13. The van der Waals surface area contributed by atoms with Gasteiger partial charge in [0.2, 0.25) is 0 Å². The number of nitrogens with zero attached hydrogens (tertiary/aromatic N) is 4. The summed E-state index contributed by atoms with van der Waals surface area (Å²) >= 11 is 0. The fourth-order valence-corrected chi connectivity index (χ4v) is 5.58. The first kappa shape index (κ1) is 67.9. The molecule has 1 aromatic heterocycles. The van der Waals surface area contributed by atoms with E-state index in [0.29, 0.717) is 22.5 Å². The molecule has 0 aliphatic rings. The average Bonchev–Trinajstić information content (AvgIpc) is 3.27. The first-order valence-corrected chi connectivity index (χ1v) is 18.9. The molecule has 1 heterocycles. The van der Waals surface area contributed by atoms with Gasteiger partial charge in [0.1, 0.15) is 23.9 Å². The Morgan fingerprint density at radius 1 is 0.391 bits per heavy atom. The van der Waals surface area contributed by atoms with Gasteiger partial charge in [0.25, 0.3) is 0 Å². The molecule has 6 aromatic rings. The monoisotopic (exact) mass is 1070 g/mol. The van der Waals surface area contributed by atoms with Gasteiger partial charge in [0.15, 0.2) is 0 Å². The van der Waals surface area contributed by atoms with Crippen LogP contribution in [-0.4, -0.2) is 38.0 Å². The van der Waals surface area contributed by atoms with Crippen molar-refractivity contribution in [2.24, 2.45) is 0 Å². The van der Waals surface area contributed by atoms with Crippen LogP contribution in [0, 0.1) is 34.0 Å². The molecule has 3 atom stereocenters. The van der Waals surface area contributed by atoms with Crippen molar-refractivity contribution in [3.8, 4) is 24.0 Å². The van der Waals surface area contributed by atoms with Gasteiger partial charge in [-0.05, 0) is 65.7 Å². The maximum atomic E-state index is 12.6. The van der Waals surface area contributed by atoms with Crippen molar-refractivity contribution in [1.29, 1.82) is 15.8 Å². The molecule has 0 aliphatic carbocycles. The second-order valence-electron chi connectivity index (χ2n) is 13.8. The Morgan fingerprint density at radius 3 is 0.899 bits per heavy atom. The first-order chi connectivity index (χ1) is 30.5. The van der Waals surface area contributed by atoms with Gasteiger partial charge in [-0.3, -0.25) is 4.98 Å². The molecular weight excluding hydrogens is 1030 g/mol. The van der Waals surface area contributed by atoms with Gasteiger partial charge in [-0.1, -0.05) is 78.9 Å². The van der Waals surface area contributed by atoms with Gasteiger partial charge in [-0.25, -0.2) is 0 Å². The molecule has 0 saturated carbocycles. The Kier molecular flexibility index (Phi) is 31.1. The van der Waals surface area contributed by atoms with E-state index >= 15 is 0 Å². The van der Waals surface area contributed by atoms with Crippen LogP contribution < -0.4 is 243 Å². The molecule has 0 radical (unpaired) electrons. The van der Waals surface area contributed by atoms with Crippen LogP contribution in [0.15, 0.2) is 146 Å². The summed E-state index contributed by atoms with van der Waals surface area (Å²) < 4.78 is 150. The van der Waals surface area contributed by atoms with E-state index in [0.717, 1.165) is 48.5 Å². The number of hydrogen-bond acceptors (Lipinski definition) is 8. The molecule has 0 fully saturated rings. The van der Waals surface area contributed by atoms with E-state index in [1.807, 2.05) is 18.2 Å². The molecule has 0 spiro atoms. The van der Waals surface area contributed by atoms with Gasteiger partial charge in [0, 0.05) is 35.0 Å². The number of phenols is 1. The van der Waals surface area contributed by atoms with Crippen molar-refractivity contribution in [1.82, 2.24) is 4.98 Å². The zero-order chi connectivity index (χ0) is 48.0. The van der Waals surface area contributed by atoms with E-state index in [9.17, 15) is 56.9 Å². The predicted octanol–water partition coefficient (Wildman–Crippen LogP) is -2.58. The summed E-state index contributed by atoms with van der Waals surface area (Å²) in [5.74, 6) is 0.0887. The predicted molar refractivity (Wildman–Crippen MR) is 229 cm³/mol. The van der Waals surface area contributed by atoms with Gasteiger partial charge >= 0.3 is 233 Å². The van der Waals surface area contributed by atoms with Gasteiger partial charge in [-0.2, -0.15) is 15.8 Å². The van der Waals surface area contributed by atoms with Crippen LogP contribution in [0.2, 0.25) is 0 Å². The number of nitriles is 3. The molecular formula is C41H31B4F12K4N7O. The number of pyridine rings is 1. The molecule has 6 rings (SSSR count). The molecule has 336 valence electrons. The SMILES string of the molecule is N#CC(Nc1ccc(O)cc1)c1ccc([B-](F)(F)F)cc1.N#CC(Nc1ccc([B-](F)(F)F)cc1)c1ccc([B-](F)(F)F)cc1.N#CC(Nc1ccc([B-](F)(F)F)cc1)c1cccnc1.[K+].[K+].[K+].[K+]. The smallest absolute Gasteiger partial charge is 0.508 e. The van der Waals surface area contributed by atoms with Crippen molar-refractivity contribution in [2.45, 2.75) is 18.1 Å². The summed E-state index contributed by atoms with van der Waals surface area (Å²) in [7, 11) is 0. The molecule has 0 aliphatic heterocycles. The molecule has 0 saturated heterocycles. The maximum absolute atomic E-state index is 12.6. The second kappa shape index (κ2) is 31.6. The number of nitrogens with one attached hydrogen (secondary N) is 3. The molecule has 69 heavy (non-hydrogen) atoms. The summed E-state index contributed by atoms with van der Waals surface area (Å²) in [5, 5.41) is 45.0. The number of phenolic OH excluding ortho intramolecular Hbond substituents is 1. The van der Waals surface area contributed by atoms with Gasteiger partial charge in [0.05, 0.1) is 18.2 Å². The molecule has 5 aromatic carbocycles. The van der Waals surface area contributed by atoms with Crippen LogP contribution in [0.1, 0.15) is 34.8 Å². The Balaban J connectivity index is 0.000000981. The third-order valence-electron chi connectivity index (χ3n) is 9.08. The Labute approximate surface area is 560 Å². The summed E-state index contributed by atoms with van der Waals surface area (Å²) in [6, 6.07) is 30.2. The van der Waals surface area contributed by atoms with E-state index in [1.54, 1.807) is 30.5 Å². The van der Waals surface area contributed by atoms with E-state index in [-0.39, 0.29) is 223 Å². The van der Waals surface area contributed by atoms with E-state index < -0.39 is 67.9 Å².